The Hall–Kier alpha value is -4.95. The fourth-order valence-corrected chi connectivity index (χ4v) is 4.64. The molecule has 0 unspecified atom stereocenters. The van der Waals surface area contributed by atoms with E-state index in [0.29, 0.717) is 33.3 Å². The zero-order valence-electron chi connectivity index (χ0n) is 20.1. The molecule has 1 amide bonds. The van der Waals surface area contributed by atoms with E-state index < -0.39 is 11.5 Å². The minimum atomic E-state index is -0.778. The van der Waals surface area contributed by atoms with Crippen LogP contribution in [0, 0.1) is 0 Å². The van der Waals surface area contributed by atoms with E-state index >= 15 is 0 Å². The molecule has 0 aliphatic carbocycles. The number of benzene rings is 2. The predicted octanol–water partition coefficient (Wildman–Crippen LogP) is 6.41. The molecular formula is C29H20ClN5O3. The lowest BCUT2D eigenvalue weighted by Crippen LogP contribution is -2.22. The van der Waals surface area contributed by atoms with E-state index in [1.165, 1.54) is 6.20 Å². The number of rotatable bonds is 4. The Bertz CT molecular complexity index is 1900. The number of nitrogens with zero attached hydrogens (tertiary/aromatic N) is 3. The molecule has 2 aromatic carbocycles. The Morgan fingerprint density at radius 3 is 2.66 bits per heavy atom. The monoisotopic (exact) mass is 521 g/mol. The van der Waals surface area contributed by atoms with Crippen molar-refractivity contribution in [1.82, 2.24) is 19.5 Å². The van der Waals surface area contributed by atoms with Crippen molar-refractivity contribution in [2.24, 2.45) is 7.05 Å². The maximum Gasteiger partial charge on any atom is 0.418 e. The van der Waals surface area contributed by atoms with Gasteiger partial charge in [-0.05, 0) is 42.0 Å². The summed E-state index contributed by atoms with van der Waals surface area (Å²) in [6.45, 7) is 0. The third-order valence-electron chi connectivity index (χ3n) is 6.22. The number of ether oxygens (including phenoxy) is 1. The minimum absolute atomic E-state index is 0.148. The first-order valence-corrected chi connectivity index (χ1v) is 12.1. The predicted molar refractivity (Wildman–Crippen MR) is 149 cm³/mol. The summed E-state index contributed by atoms with van der Waals surface area (Å²) in [6.07, 6.45) is 4.04. The van der Waals surface area contributed by atoms with E-state index in [0.717, 1.165) is 16.5 Å². The van der Waals surface area contributed by atoms with Gasteiger partial charge >= 0.3 is 6.09 Å². The lowest BCUT2D eigenvalue weighted by atomic mass is 9.97. The van der Waals surface area contributed by atoms with Gasteiger partial charge in [-0.15, -0.1) is 0 Å². The van der Waals surface area contributed by atoms with Gasteiger partial charge < -0.3 is 14.3 Å². The highest BCUT2D eigenvalue weighted by Gasteiger charge is 2.18. The molecule has 9 heteroatoms. The largest absolute Gasteiger partial charge is 0.418 e. The Kier molecular flexibility index (Phi) is 5.86. The molecule has 0 fully saturated rings. The molecule has 0 aliphatic rings. The summed E-state index contributed by atoms with van der Waals surface area (Å²) >= 11 is 6.59. The van der Waals surface area contributed by atoms with Gasteiger partial charge in [-0.1, -0.05) is 48.0 Å². The number of nitrogens with one attached hydrogen (secondary N) is 2. The Labute approximate surface area is 221 Å². The van der Waals surface area contributed by atoms with Gasteiger partial charge in [0.2, 0.25) is 5.43 Å². The molecular weight excluding hydrogens is 502 g/mol. The Morgan fingerprint density at radius 2 is 1.87 bits per heavy atom. The van der Waals surface area contributed by atoms with E-state index in [1.807, 2.05) is 54.6 Å². The number of hydrogen-bond acceptors (Lipinski definition) is 5. The molecule has 8 nitrogen and oxygen atoms in total. The van der Waals surface area contributed by atoms with Crippen LogP contribution in [0.1, 0.15) is 0 Å². The highest BCUT2D eigenvalue weighted by atomic mass is 35.5. The maximum absolute atomic E-state index is 13.4. The molecule has 0 bridgehead atoms. The molecule has 0 aliphatic heterocycles. The van der Waals surface area contributed by atoms with Gasteiger partial charge in [0.1, 0.15) is 11.5 Å². The zero-order chi connectivity index (χ0) is 26.2. The van der Waals surface area contributed by atoms with E-state index in [4.69, 9.17) is 21.3 Å². The number of pyridine rings is 3. The summed E-state index contributed by atoms with van der Waals surface area (Å²) in [7, 11) is 1.78. The highest BCUT2D eigenvalue weighted by Crippen LogP contribution is 2.36. The number of carbonyl (C=O) groups excluding carboxylic acids is 1. The first-order chi connectivity index (χ1) is 18.5. The average molecular weight is 522 g/mol. The van der Waals surface area contributed by atoms with Crippen LogP contribution in [0.5, 0.6) is 5.75 Å². The van der Waals surface area contributed by atoms with Gasteiger partial charge in [0.15, 0.2) is 5.75 Å². The van der Waals surface area contributed by atoms with Crippen molar-refractivity contribution in [3.63, 3.8) is 0 Å². The SMILES string of the molecule is Cn1cccc1NC(=O)Oc1c[nH]c2nc(-c3ccccc3)c(-c3cc(Cl)c4ncccc4c3)cc2c1=O. The summed E-state index contributed by atoms with van der Waals surface area (Å²) in [4.78, 5) is 38.1. The molecule has 6 rings (SSSR count). The van der Waals surface area contributed by atoms with Crippen molar-refractivity contribution >= 4 is 45.4 Å². The van der Waals surface area contributed by atoms with Gasteiger partial charge in [-0.25, -0.2) is 9.78 Å². The quantitative estimate of drug-likeness (QED) is 0.279. The molecule has 0 atom stereocenters. The number of anilines is 1. The number of hydrogen-bond donors (Lipinski definition) is 2. The molecule has 38 heavy (non-hydrogen) atoms. The standard InChI is InChI=1S/C29H20ClN5O3/c1-35-12-6-10-24(35)33-29(37)38-23-16-32-28-21(27(23)36)15-20(25(34-28)17-7-3-2-4-8-17)19-13-18-9-5-11-31-26(18)22(30)14-19/h2-16H,1H3,(H,33,37)(H,32,34,36). The summed E-state index contributed by atoms with van der Waals surface area (Å²) in [5.74, 6) is 0.386. The molecule has 0 radical (unpaired) electrons. The average Bonchev–Trinajstić information content (AvgIpc) is 3.34. The topological polar surface area (TPSA) is 102 Å². The molecule has 0 saturated carbocycles. The molecule has 4 heterocycles. The smallest absolute Gasteiger partial charge is 0.404 e. The van der Waals surface area contributed by atoms with Crippen LogP contribution in [0.25, 0.3) is 44.3 Å². The van der Waals surface area contributed by atoms with E-state index in [9.17, 15) is 9.59 Å². The summed E-state index contributed by atoms with van der Waals surface area (Å²) in [6, 6.07) is 22.5. The second-order valence-corrected chi connectivity index (χ2v) is 9.09. The Morgan fingerprint density at radius 1 is 1.03 bits per heavy atom. The summed E-state index contributed by atoms with van der Waals surface area (Å²) in [5.41, 5.74) is 3.59. The molecule has 0 saturated heterocycles. The third-order valence-corrected chi connectivity index (χ3v) is 6.51. The van der Waals surface area contributed by atoms with Crippen molar-refractivity contribution in [2.45, 2.75) is 0 Å². The second-order valence-electron chi connectivity index (χ2n) is 8.68. The third kappa shape index (κ3) is 4.27. The second kappa shape index (κ2) is 9.49. The van der Waals surface area contributed by atoms with Gasteiger partial charge in [-0.2, -0.15) is 0 Å². The van der Waals surface area contributed by atoms with Crippen LogP contribution >= 0.6 is 11.6 Å². The van der Waals surface area contributed by atoms with Crippen molar-refractivity contribution in [3.8, 4) is 28.1 Å². The first kappa shape index (κ1) is 23.4. The normalized spacial score (nSPS) is 11.1. The van der Waals surface area contributed by atoms with E-state index in [-0.39, 0.29) is 11.1 Å². The van der Waals surface area contributed by atoms with Crippen LogP contribution in [-0.2, 0) is 7.05 Å². The van der Waals surface area contributed by atoms with Gasteiger partial charge in [0.25, 0.3) is 0 Å². The van der Waals surface area contributed by atoms with Crippen molar-refractivity contribution in [1.29, 1.82) is 0 Å². The highest BCUT2D eigenvalue weighted by molar-refractivity contribution is 6.35. The fourth-order valence-electron chi connectivity index (χ4n) is 4.36. The zero-order valence-corrected chi connectivity index (χ0v) is 20.9. The van der Waals surface area contributed by atoms with Crippen molar-refractivity contribution in [3.05, 3.63) is 107 Å². The number of aromatic amines is 1. The van der Waals surface area contributed by atoms with Gasteiger partial charge in [-0.3, -0.25) is 15.1 Å². The number of aryl methyl sites for hydroxylation is 1. The number of aromatic nitrogens is 4. The van der Waals surface area contributed by atoms with Crippen LogP contribution in [0.3, 0.4) is 0 Å². The molecule has 186 valence electrons. The number of fused-ring (bicyclic) bond motifs is 2. The lowest BCUT2D eigenvalue weighted by Gasteiger charge is -2.13. The fraction of sp³-hybridized carbons (Fsp3) is 0.0345. The van der Waals surface area contributed by atoms with Crippen molar-refractivity contribution in [2.75, 3.05) is 5.32 Å². The molecule has 0 spiro atoms. The Balaban J connectivity index is 1.50. The number of H-pyrrole nitrogens is 1. The number of amides is 1. The van der Waals surface area contributed by atoms with Crippen LogP contribution in [-0.4, -0.2) is 25.6 Å². The van der Waals surface area contributed by atoms with E-state index in [2.05, 4.69) is 15.3 Å². The summed E-state index contributed by atoms with van der Waals surface area (Å²) < 4.78 is 7.07. The van der Waals surface area contributed by atoms with Gasteiger partial charge in [0.05, 0.1) is 21.6 Å². The van der Waals surface area contributed by atoms with Gasteiger partial charge in [0, 0.05) is 42.2 Å². The van der Waals surface area contributed by atoms with E-state index in [1.54, 1.807) is 42.2 Å². The summed E-state index contributed by atoms with van der Waals surface area (Å²) in [5, 5.41) is 4.23. The van der Waals surface area contributed by atoms with Crippen LogP contribution in [0.2, 0.25) is 5.02 Å². The number of carbonyl (C=O) groups is 1. The molecule has 4 aromatic heterocycles. The first-order valence-electron chi connectivity index (χ1n) is 11.7. The van der Waals surface area contributed by atoms with Crippen LogP contribution in [0.4, 0.5) is 10.6 Å². The minimum Gasteiger partial charge on any atom is -0.404 e. The molecule has 2 N–H and O–H groups in total. The lowest BCUT2D eigenvalue weighted by molar-refractivity contribution is 0.214. The maximum atomic E-state index is 13.4. The number of halogens is 1. The van der Waals surface area contributed by atoms with Crippen LogP contribution < -0.4 is 15.5 Å². The van der Waals surface area contributed by atoms with Crippen molar-refractivity contribution < 1.29 is 9.53 Å². The van der Waals surface area contributed by atoms with Crippen LogP contribution in [0.15, 0.2) is 96.2 Å². The molecule has 6 aromatic rings.